The van der Waals surface area contributed by atoms with Gasteiger partial charge in [-0.2, -0.15) is 5.26 Å². The highest BCUT2D eigenvalue weighted by Crippen LogP contribution is 2.20. The third-order valence-electron chi connectivity index (χ3n) is 3.03. The highest BCUT2D eigenvalue weighted by molar-refractivity contribution is 5.76. The van der Waals surface area contributed by atoms with Crippen molar-refractivity contribution >= 4 is 11.0 Å². The van der Waals surface area contributed by atoms with Crippen LogP contribution >= 0.6 is 0 Å². The number of aromatic nitrogens is 2. The smallest absolute Gasteiger partial charge is 0.122 e. The van der Waals surface area contributed by atoms with Gasteiger partial charge in [0.15, 0.2) is 0 Å². The summed E-state index contributed by atoms with van der Waals surface area (Å²) >= 11 is 0. The molecular formula is C16H13N3O. The molecule has 0 spiro atoms. The predicted octanol–water partition coefficient (Wildman–Crippen LogP) is 3.32. The molecule has 0 amide bonds. The summed E-state index contributed by atoms with van der Waals surface area (Å²) < 4.78 is 5.75. The van der Waals surface area contributed by atoms with Crippen LogP contribution in [0.25, 0.3) is 11.0 Å². The second-order valence-electron chi connectivity index (χ2n) is 4.60. The average molecular weight is 263 g/mol. The molecule has 0 bridgehead atoms. The number of imidazole rings is 1. The molecule has 0 saturated carbocycles. The van der Waals surface area contributed by atoms with Gasteiger partial charge in [0.2, 0.25) is 0 Å². The minimum Gasteiger partial charge on any atom is -0.489 e. The van der Waals surface area contributed by atoms with Crippen LogP contribution in [0.1, 0.15) is 17.0 Å². The van der Waals surface area contributed by atoms with E-state index in [1.54, 1.807) is 6.07 Å². The Morgan fingerprint density at radius 2 is 2.15 bits per heavy atom. The number of fused-ring (bicyclic) bond motifs is 1. The summed E-state index contributed by atoms with van der Waals surface area (Å²) in [6, 6.07) is 15.3. The lowest BCUT2D eigenvalue weighted by molar-refractivity contribution is 0.306. The Labute approximate surface area is 116 Å². The summed E-state index contributed by atoms with van der Waals surface area (Å²) in [7, 11) is 0. The van der Waals surface area contributed by atoms with E-state index in [1.165, 1.54) is 0 Å². The van der Waals surface area contributed by atoms with Crippen molar-refractivity contribution in [1.29, 1.82) is 5.26 Å². The summed E-state index contributed by atoms with van der Waals surface area (Å²) in [5.41, 5.74) is 3.52. The molecule has 0 aliphatic heterocycles. The molecule has 0 aliphatic carbocycles. The van der Waals surface area contributed by atoms with Gasteiger partial charge in [-0.05, 0) is 36.8 Å². The molecule has 0 fully saturated rings. The highest BCUT2D eigenvalue weighted by atomic mass is 16.5. The second kappa shape index (κ2) is 5.06. The number of nitrogens with zero attached hydrogens (tertiary/aromatic N) is 2. The molecule has 4 heteroatoms. The third kappa shape index (κ3) is 2.47. The van der Waals surface area contributed by atoms with E-state index in [1.807, 2.05) is 43.3 Å². The number of hydrogen-bond acceptors (Lipinski definition) is 3. The number of aromatic amines is 1. The van der Waals surface area contributed by atoms with Gasteiger partial charge in [0.1, 0.15) is 18.2 Å². The number of H-pyrrole nitrogens is 1. The largest absolute Gasteiger partial charge is 0.489 e. The normalized spacial score (nSPS) is 10.4. The molecule has 20 heavy (non-hydrogen) atoms. The number of aryl methyl sites for hydroxylation is 1. The molecular weight excluding hydrogens is 250 g/mol. The molecule has 1 heterocycles. The van der Waals surface area contributed by atoms with Crippen LogP contribution in [0.4, 0.5) is 0 Å². The van der Waals surface area contributed by atoms with E-state index < -0.39 is 0 Å². The Kier molecular flexibility index (Phi) is 3.10. The Hall–Kier alpha value is -2.80. The molecule has 3 rings (SSSR count). The molecule has 0 radical (unpaired) electrons. The Bertz CT molecular complexity index is 799. The Morgan fingerprint density at radius 3 is 3.00 bits per heavy atom. The van der Waals surface area contributed by atoms with E-state index in [-0.39, 0.29) is 0 Å². The lowest BCUT2D eigenvalue weighted by Crippen LogP contribution is -1.95. The lowest BCUT2D eigenvalue weighted by atomic mass is 10.1. The van der Waals surface area contributed by atoms with Crippen molar-refractivity contribution < 1.29 is 4.74 Å². The number of rotatable bonds is 3. The van der Waals surface area contributed by atoms with E-state index in [0.717, 1.165) is 28.2 Å². The molecule has 4 nitrogen and oxygen atoms in total. The van der Waals surface area contributed by atoms with Gasteiger partial charge in [-0.1, -0.05) is 12.1 Å². The first kappa shape index (κ1) is 12.2. The van der Waals surface area contributed by atoms with Gasteiger partial charge in [-0.3, -0.25) is 0 Å². The van der Waals surface area contributed by atoms with Crippen LogP contribution in [0.15, 0.2) is 42.5 Å². The van der Waals surface area contributed by atoms with Gasteiger partial charge in [-0.25, -0.2) is 4.98 Å². The monoisotopic (exact) mass is 263 g/mol. The number of nitrogens with one attached hydrogen (secondary N) is 1. The van der Waals surface area contributed by atoms with Gasteiger partial charge in [0, 0.05) is 6.07 Å². The van der Waals surface area contributed by atoms with Crippen LogP contribution in [0, 0.1) is 18.3 Å². The van der Waals surface area contributed by atoms with E-state index in [9.17, 15) is 0 Å². The first-order valence-corrected chi connectivity index (χ1v) is 6.33. The maximum absolute atomic E-state index is 8.87. The number of nitriles is 1. The number of hydrogen-bond donors (Lipinski definition) is 1. The predicted molar refractivity (Wildman–Crippen MR) is 76.3 cm³/mol. The molecule has 0 aliphatic rings. The Balaban J connectivity index is 1.77. The molecule has 0 atom stereocenters. The quantitative estimate of drug-likeness (QED) is 0.788. The van der Waals surface area contributed by atoms with Crippen molar-refractivity contribution in [3.63, 3.8) is 0 Å². The van der Waals surface area contributed by atoms with Crippen LogP contribution in [-0.2, 0) is 6.61 Å². The fourth-order valence-corrected chi connectivity index (χ4v) is 2.10. The van der Waals surface area contributed by atoms with Crippen molar-refractivity contribution in [2.45, 2.75) is 13.5 Å². The molecule has 1 aromatic heterocycles. The molecule has 2 aromatic carbocycles. The summed E-state index contributed by atoms with van der Waals surface area (Å²) in [6.45, 7) is 2.36. The number of ether oxygens (including phenoxy) is 1. The molecule has 98 valence electrons. The van der Waals surface area contributed by atoms with Crippen molar-refractivity contribution in [1.82, 2.24) is 9.97 Å². The highest BCUT2D eigenvalue weighted by Gasteiger charge is 2.02. The summed E-state index contributed by atoms with van der Waals surface area (Å²) in [5, 5.41) is 8.87. The van der Waals surface area contributed by atoms with Crippen LogP contribution < -0.4 is 4.74 Å². The minimum absolute atomic E-state index is 0.439. The first-order chi connectivity index (χ1) is 9.74. The standard InChI is InChI=1S/C16H13N3O/c1-11-18-15-6-5-14(8-16(15)19-11)20-10-13-4-2-3-12(7-13)9-17/h2-8H,10H2,1H3,(H,18,19). The summed E-state index contributed by atoms with van der Waals surface area (Å²) in [6.07, 6.45) is 0. The van der Waals surface area contributed by atoms with E-state index in [2.05, 4.69) is 16.0 Å². The first-order valence-electron chi connectivity index (χ1n) is 6.33. The zero-order chi connectivity index (χ0) is 13.9. The van der Waals surface area contributed by atoms with Crippen LogP contribution in [0.3, 0.4) is 0 Å². The summed E-state index contributed by atoms with van der Waals surface area (Å²) in [4.78, 5) is 7.53. The fraction of sp³-hybridized carbons (Fsp3) is 0.125. The van der Waals surface area contributed by atoms with Crippen LogP contribution in [0.2, 0.25) is 0 Å². The van der Waals surface area contributed by atoms with Crippen LogP contribution in [0.5, 0.6) is 5.75 Å². The topological polar surface area (TPSA) is 61.7 Å². The molecule has 0 saturated heterocycles. The van der Waals surface area contributed by atoms with Crippen LogP contribution in [-0.4, -0.2) is 9.97 Å². The third-order valence-corrected chi connectivity index (χ3v) is 3.03. The van der Waals surface area contributed by atoms with Gasteiger partial charge in [0.05, 0.1) is 22.7 Å². The van der Waals surface area contributed by atoms with Crippen molar-refractivity contribution in [2.75, 3.05) is 0 Å². The minimum atomic E-state index is 0.439. The molecule has 0 unspecified atom stereocenters. The van der Waals surface area contributed by atoms with E-state index in [0.29, 0.717) is 12.2 Å². The molecule has 3 aromatic rings. The van der Waals surface area contributed by atoms with Crippen molar-refractivity contribution in [3.8, 4) is 11.8 Å². The second-order valence-corrected chi connectivity index (χ2v) is 4.60. The van der Waals surface area contributed by atoms with Gasteiger partial charge in [-0.15, -0.1) is 0 Å². The zero-order valence-electron chi connectivity index (χ0n) is 11.1. The number of benzene rings is 2. The van der Waals surface area contributed by atoms with Crippen molar-refractivity contribution in [3.05, 3.63) is 59.4 Å². The SMILES string of the molecule is Cc1nc2ccc(OCc3cccc(C#N)c3)cc2[nH]1. The van der Waals surface area contributed by atoms with E-state index >= 15 is 0 Å². The van der Waals surface area contributed by atoms with E-state index in [4.69, 9.17) is 10.00 Å². The zero-order valence-corrected chi connectivity index (χ0v) is 11.1. The maximum Gasteiger partial charge on any atom is 0.122 e. The average Bonchev–Trinajstić information content (AvgIpc) is 2.84. The van der Waals surface area contributed by atoms with Gasteiger partial charge in [0.25, 0.3) is 0 Å². The summed E-state index contributed by atoms with van der Waals surface area (Å²) in [5.74, 6) is 1.67. The van der Waals surface area contributed by atoms with Gasteiger partial charge < -0.3 is 9.72 Å². The fourth-order valence-electron chi connectivity index (χ4n) is 2.10. The Morgan fingerprint density at radius 1 is 1.25 bits per heavy atom. The van der Waals surface area contributed by atoms with Gasteiger partial charge >= 0.3 is 0 Å². The lowest BCUT2D eigenvalue weighted by Gasteiger charge is -2.06. The van der Waals surface area contributed by atoms with Crippen molar-refractivity contribution in [2.24, 2.45) is 0 Å². The molecule has 1 N–H and O–H groups in total. The maximum atomic E-state index is 8.87.